The first kappa shape index (κ1) is 17.1. The quantitative estimate of drug-likeness (QED) is 0.724. The van der Waals surface area contributed by atoms with Crippen molar-refractivity contribution in [2.75, 3.05) is 7.11 Å². The number of H-pyrrole nitrogens is 1. The van der Waals surface area contributed by atoms with E-state index in [1.54, 1.807) is 31.3 Å². The van der Waals surface area contributed by atoms with Crippen LogP contribution in [0.4, 0.5) is 4.39 Å². The van der Waals surface area contributed by atoms with Gasteiger partial charge in [-0.25, -0.2) is 4.39 Å². The number of ether oxygens (including phenoxy) is 1. The van der Waals surface area contributed by atoms with Gasteiger partial charge in [-0.3, -0.25) is 9.89 Å². The molecule has 0 bridgehead atoms. The molecule has 0 aliphatic rings. The first-order valence-electron chi connectivity index (χ1n) is 8.07. The lowest BCUT2D eigenvalue weighted by Crippen LogP contribution is -2.38. The SMILES string of the molecule is CO[C@H](c1ccccc1F)[C@H](C)NC(=O)Cc1ccc2cn[nH]c2c1. The average Bonchev–Trinajstić information content (AvgIpc) is 3.04. The highest BCUT2D eigenvalue weighted by Gasteiger charge is 2.23. The van der Waals surface area contributed by atoms with Gasteiger partial charge in [-0.05, 0) is 24.6 Å². The van der Waals surface area contributed by atoms with E-state index in [2.05, 4.69) is 15.5 Å². The lowest BCUT2D eigenvalue weighted by atomic mass is 10.0. The van der Waals surface area contributed by atoms with E-state index in [-0.39, 0.29) is 24.2 Å². The van der Waals surface area contributed by atoms with Crippen LogP contribution in [0.2, 0.25) is 0 Å². The Kier molecular flexibility index (Phi) is 5.09. The second-order valence-electron chi connectivity index (χ2n) is 6.00. The van der Waals surface area contributed by atoms with Gasteiger partial charge in [-0.1, -0.05) is 30.3 Å². The minimum atomic E-state index is -0.555. The highest BCUT2D eigenvalue weighted by molar-refractivity contribution is 5.82. The van der Waals surface area contributed by atoms with Gasteiger partial charge in [-0.15, -0.1) is 0 Å². The summed E-state index contributed by atoms with van der Waals surface area (Å²) in [6, 6.07) is 11.8. The maximum atomic E-state index is 14.0. The summed E-state index contributed by atoms with van der Waals surface area (Å²) in [7, 11) is 1.51. The number of nitrogens with zero attached hydrogens (tertiary/aromatic N) is 1. The lowest BCUT2D eigenvalue weighted by molar-refractivity contribution is -0.122. The molecule has 0 fully saturated rings. The molecule has 25 heavy (non-hydrogen) atoms. The fourth-order valence-electron chi connectivity index (χ4n) is 2.97. The van der Waals surface area contributed by atoms with Crippen LogP contribution in [0.15, 0.2) is 48.7 Å². The number of carbonyl (C=O) groups excluding carboxylic acids is 1. The number of benzene rings is 2. The number of hydrogen-bond acceptors (Lipinski definition) is 3. The van der Waals surface area contributed by atoms with Crippen LogP contribution >= 0.6 is 0 Å². The average molecular weight is 341 g/mol. The number of halogens is 1. The molecule has 1 heterocycles. The Hall–Kier alpha value is -2.73. The third-order valence-corrected chi connectivity index (χ3v) is 4.18. The molecule has 130 valence electrons. The highest BCUT2D eigenvalue weighted by atomic mass is 19.1. The highest BCUT2D eigenvalue weighted by Crippen LogP contribution is 2.23. The van der Waals surface area contributed by atoms with Crippen LogP contribution in [0.1, 0.15) is 24.2 Å². The number of methoxy groups -OCH3 is 1. The largest absolute Gasteiger partial charge is 0.375 e. The van der Waals surface area contributed by atoms with Crippen molar-refractivity contribution in [1.29, 1.82) is 0 Å². The molecule has 0 saturated carbocycles. The smallest absolute Gasteiger partial charge is 0.224 e. The Morgan fingerprint density at radius 3 is 2.88 bits per heavy atom. The monoisotopic (exact) mass is 341 g/mol. The lowest BCUT2D eigenvalue weighted by Gasteiger charge is -2.24. The van der Waals surface area contributed by atoms with Crippen LogP contribution < -0.4 is 5.32 Å². The number of aromatic amines is 1. The van der Waals surface area contributed by atoms with Crippen LogP contribution in [0.5, 0.6) is 0 Å². The summed E-state index contributed by atoms with van der Waals surface area (Å²) in [6.07, 6.45) is 1.41. The summed E-state index contributed by atoms with van der Waals surface area (Å²) in [6.45, 7) is 1.80. The minimum absolute atomic E-state index is 0.148. The van der Waals surface area contributed by atoms with Gasteiger partial charge in [0.05, 0.1) is 24.2 Å². The van der Waals surface area contributed by atoms with E-state index in [0.717, 1.165) is 16.5 Å². The normalized spacial score (nSPS) is 13.6. The van der Waals surface area contributed by atoms with E-state index in [0.29, 0.717) is 5.56 Å². The van der Waals surface area contributed by atoms with E-state index in [4.69, 9.17) is 4.74 Å². The molecule has 0 aliphatic carbocycles. The van der Waals surface area contributed by atoms with E-state index < -0.39 is 6.10 Å². The molecule has 1 amide bonds. The van der Waals surface area contributed by atoms with Gasteiger partial charge in [0.2, 0.25) is 5.91 Å². The molecule has 0 unspecified atom stereocenters. The third kappa shape index (κ3) is 3.85. The Balaban J connectivity index is 1.67. The molecule has 0 aliphatic heterocycles. The Morgan fingerprint density at radius 1 is 1.32 bits per heavy atom. The van der Waals surface area contributed by atoms with Gasteiger partial charge in [0.15, 0.2) is 0 Å². The molecule has 6 heteroatoms. The maximum absolute atomic E-state index is 14.0. The van der Waals surface area contributed by atoms with Crippen molar-refractivity contribution in [2.45, 2.75) is 25.5 Å². The molecule has 3 rings (SSSR count). The van der Waals surface area contributed by atoms with Crippen molar-refractivity contribution in [1.82, 2.24) is 15.5 Å². The van der Waals surface area contributed by atoms with Gasteiger partial charge in [0.1, 0.15) is 11.9 Å². The molecule has 0 radical (unpaired) electrons. The van der Waals surface area contributed by atoms with Crippen molar-refractivity contribution < 1.29 is 13.9 Å². The van der Waals surface area contributed by atoms with Crippen molar-refractivity contribution in [3.8, 4) is 0 Å². The number of amides is 1. The first-order chi connectivity index (χ1) is 12.1. The predicted octanol–water partition coefficient (Wildman–Crippen LogP) is 3.14. The fourth-order valence-corrected chi connectivity index (χ4v) is 2.97. The summed E-state index contributed by atoms with van der Waals surface area (Å²) >= 11 is 0. The molecule has 2 atom stereocenters. The summed E-state index contributed by atoms with van der Waals surface area (Å²) < 4.78 is 19.4. The summed E-state index contributed by atoms with van der Waals surface area (Å²) in [4.78, 5) is 12.3. The molecule has 2 N–H and O–H groups in total. The van der Waals surface area contributed by atoms with Gasteiger partial charge < -0.3 is 10.1 Å². The van der Waals surface area contributed by atoms with Gasteiger partial charge in [0.25, 0.3) is 0 Å². The Labute approximate surface area is 145 Å². The van der Waals surface area contributed by atoms with E-state index in [9.17, 15) is 9.18 Å². The molecule has 2 aromatic carbocycles. The topological polar surface area (TPSA) is 67.0 Å². The number of nitrogens with one attached hydrogen (secondary N) is 2. The zero-order valence-electron chi connectivity index (χ0n) is 14.1. The predicted molar refractivity (Wildman–Crippen MR) is 93.6 cm³/mol. The zero-order valence-corrected chi connectivity index (χ0v) is 14.1. The van der Waals surface area contributed by atoms with Gasteiger partial charge >= 0.3 is 0 Å². The third-order valence-electron chi connectivity index (χ3n) is 4.18. The Morgan fingerprint density at radius 2 is 2.12 bits per heavy atom. The van der Waals surface area contributed by atoms with Crippen LogP contribution in [-0.4, -0.2) is 29.3 Å². The molecule has 0 spiro atoms. The molecule has 1 aromatic heterocycles. The maximum Gasteiger partial charge on any atom is 0.224 e. The number of fused-ring (bicyclic) bond motifs is 1. The second-order valence-corrected chi connectivity index (χ2v) is 6.00. The van der Waals surface area contributed by atoms with Crippen LogP contribution in [0.3, 0.4) is 0 Å². The van der Waals surface area contributed by atoms with E-state index in [1.165, 1.54) is 13.2 Å². The van der Waals surface area contributed by atoms with E-state index in [1.807, 2.05) is 18.2 Å². The second kappa shape index (κ2) is 7.44. The molecule has 5 nitrogen and oxygen atoms in total. The number of rotatable bonds is 6. The Bertz CT molecular complexity index is 878. The van der Waals surface area contributed by atoms with Crippen molar-refractivity contribution in [2.24, 2.45) is 0 Å². The number of aromatic nitrogens is 2. The number of hydrogen-bond donors (Lipinski definition) is 2. The number of carbonyl (C=O) groups is 1. The summed E-state index contributed by atoms with van der Waals surface area (Å²) in [5, 5.41) is 10.7. The molecular formula is C19H20FN3O2. The van der Waals surface area contributed by atoms with E-state index >= 15 is 0 Å². The van der Waals surface area contributed by atoms with Crippen molar-refractivity contribution in [3.05, 3.63) is 65.6 Å². The van der Waals surface area contributed by atoms with Gasteiger partial charge in [-0.2, -0.15) is 5.10 Å². The molecule has 0 saturated heterocycles. The van der Waals surface area contributed by atoms with Crippen LogP contribution in [-0.2, 0) is 16.0 Å². The fraction of sp³-hybridized carbons (Fsp3) is 0.263. The molecular weight excluding hydrogens is 321 g/mol. The summed E-state index contributed by atoms with van der Waals surface area (Å²) in [5.74, 6) is -0.495. The zero-order chi connectivity index (χ0) is 17.8. The molecule has 3 aromatic rings. The minimum Gasteiger partial charge on any atom is -0.375 e. The van der Waals surface area contributed by atoms with Crippen molar-refractivity contribution >= 4 is 16.8 Å². The van der Waals surface area contributed by atoms with Crippen LogP contribution in [0, 0.1) is 5.82 Å². The van der Waals surface area contributed by atoms with Gasteiger partial charge in [0, 0.05) is 18.1 Å². The standard InChI is InChI=1S/C19H20FN3O2/c1-12(19(25-2)15-5-3-4-6-16(15)20)22-18(24)10-13-7-8-14-11-21-23-17(14)9-13/h3-9,11-12,19H,10H2,1-2H3,(H,21,23)(H,22,24)/t12-,19-/m0/s1. The van der Waals surface area contributed by atoms with Crippen molar-refractivity contribution in [3.63, 3.8) is 0 Å². The first-order valence-corrected chi connectivity index (χ1v) is 8.07. The van der Waals surface area contributed by atoms with Crippen LogP contribution in [0.25, 0.3) is 10.9 Å². The summed E-state index contributed by atoms with van der Waals surface area (Å²) in [5.41, 5.74) is 2.19.